The molecule has 0 spiro atoms. The zero-order valence-corrected chi connectivity index (χ0v) is 22.3. The van der Waals surface area contributed by atoms with E-state index in [1.54, 1.807) is 29.2 Å². The van der Waals surface area contributed by atoms with E-state index in [4.69, 9.17) is 9.47 Å². The minimum Gasteiger partial charge on any atom is -0.457 e. The number of esters is 1. The molecule has 1 N–H and O–H groups in total. The summed E-state index contributed by atoms with van der Waals surface area (Å²) in [7, 11) is 0. The third-order valence-electron chi connectivity index (χ3n) is 6.59. The van der Waals surface area contributed by atoms with Gasteiger partial charge in [-0.1, -0.05) is 63.2 Å². The van der Waals surface area contributed by atoms with E-state index in [1.807, 2.05) is 49.4 Å². The molecule has 1 fully saturated rings. The zero-order valence-electron chi connectivity index (χ0n) is 22.3. The minimum absolute atomic E-state index is 0.0409. The Morgan fingerprint density at radius 2 is 1.55 bits per heavy atom. The second-order valence-electron chi connectivity index (χ2n) is 10.6. The second kappa shape index (κ2) is 11.5. The molecule has 4 rings (SSSR count). The molecule has 0 aromatic heterocycles. The lowest BCUT2D eigenvalue weighted by atomic mass is 9.87. The van der Waals surface area contributed by atoms with E-state index in [9.17, 15) is 14.4 Å². The highest BCUT2D eigenvalue weighted by Gasteiger charge is 2.36. The standard InChI is InChI=1S/C31H34N2O5/c1-21(22-8-6-5-7-9-22)32-28(34)20-37-30(36)23-18-29(35)33(19-23)25-12-16-27(17-13-25)38-26-14-10-24(11-15-26)31(2,3)4/h5-17,21,23H,18-20H2,1-4H3,(H,32,34)/t21-,23-/m1/s1. The number of benzene rings is 3. The van der Waals surface area contributed by atoms with Gasteiger partial charge in [0.1, 0.15) is 11.5 Å². The summed E-state index contributed by atoms with van der Waals surface area (Å²) in [4.78, 5) is 39.0. The van der Waals surface area contributed by atoms with Crippen LogP contribution in [0.25, 0.3) is 0 Å². The lowest BCUT2D eigenvalue weighted by molar-refractivity contribution is -0.152. The summed E-state index contributed by atoms with van der Waals surface area (Å²) in [5.41, 5.74) is 2.93. The SMILES string of the molecule is C[C@@H](NC(=O)COC(=O)[C@@H]1CC(=O)N(c2ccc(Oc3ccc(C(C)(C)C)cc3)cc2)C1)c1ccccc1. The molecule has 1 aliphatic heterocycles. The Morgan fingerprint density at radius 3 is 2.16 bits per heavy atom. The molecule has 1 aliphatic rings. The molecule has 2 amide bonds. The van der Waals surface area contributed by atoms with Crippen molar-refractivity contribution in [2.75, 3.05) is 18.1 Å². The number of rotatable bonds is 8. The topological polar surface area (TPSA) is 84.9 Å². The quantitative estimate of drug-likeness (QED) is 0.399. The number of hydrogen-bond donors (Lipinski definition) is 1. The van der Waals surface area contributed by atoms with Crippen LogP contribution in [-0.4, -0.2) is 30.9 Å². The highest BCUT2D eigenvalue weighted by atomic mass is 16.5. The fourth-order valence-corrected chi connectivity index (χ4v) is 4.33. The first-order valence-corrected chi connectivity index (χ1v) is 12.8. The molecule has 2 atom stereocenters. The molecule has 0 aliphatic carbocycles. The maximum Gasteiger partial charge on any atom is 0.311 e. The molecule has 0 radical (unpaired) electrons. The van der Waals surface area contributed by atoms with Crippen molar-refractivity contribution in [2.24, 2.45) is 5.92 Å². The molecule has 3 aromatic carbocycles. The van der Waals surface area contributed by atoms with E-state index in [0.717, 1.165) is 11.3 Å². The number of ether oxygens (including phenoxy) is 2. The molecule has 0 unspecified atom stereocenters. The van der Waals surface area contributed by atoms with Gasteiger partial charge in [-0.2, -0.15) is 0 Å². The third-order valence-corrected chi connectivity index (χ3v) is 6.59. The average molecular weight is 515 g/mol. The number of hydrogen-bond acceptors (Lipinski definition) is 5. The van der Waals surface area contributed by atoms with Crippen LogP contribution in [0, 0.1) is 5.92 Å². The van der Waals surface area contributed by atoms with E-state index in [-0.39, 0.29) is 42.8 Å². The van der Waals surface area contributed by atoms with Gasteiger partial charge in [-0.3, -0.25) is 14.4 Å². The molecule has 38 heavy (non-hydrogen) atoms. The first kappa shape index (κ1) is 26.9. The van der Waals surface area contributed by atoms with Crippen molar-refractivity contribution < 1.29 is 23.9 Å². The van der Waals surface area contributed by atoms with Gasteiger partial charge in [-0.05, 0) is 59.9 Å². The molecular weight excluding hydrogens is 480 g/mol. The van der Waals surface area contributed by atoms with E-state index in [2.05, 4.69) is 38.2 Å². The largest absolute Gasteiger partial charge is 0.457 e. The van der Waals surface area contributed by atoms with Crippen LogP contribution in [0.5, 0.6) is 11.5 Å². The summed E-state index contributed by atoms with van der Waals surface area (Å²) in [5, 5.41) is 2.81. The van der Waals surface area contributed by atoms with Crippen molar-refractivity contribution in [1.82, 2.24) is 5.32 Å². The van der Waals surface area contributed by atoms with Gasteiger partial charge in [0.2, 0.25) is 5.91 Å². The monoisotopic (exact) mass is 514 g/mol. The number of nitrogens with zero attached hydrogens (tertiary/aromatic N) is 1. The number of carbonyl (C=O) groups excluding carboxylic acids is 3. The van der Waals surface area contributed by atoms with Crippen molar-refractivity contribution in [3.05, 3.63) is 90.0 Å². The summed E-state index contributed by atoms with van der Waals surface area (Å²) < 4.78 is 11.2. The van der Waals surface area contributed by atoms with Crippen molar-refractivity contribution in [1.29, 1.82) is 0 Å². The van der Waals surface area contributed by atoms with Crippen molar-refractivity contribution in [3.63, 3.8) is 0 Å². The van der Waals surface area contributed by atoms with Gasteiger partial charge in [0, 0.05) is 18.7 Å². The van der Waals surface area contributed by atoms with Gasteiger partial charge in [0.15, 0.2) is 6.61 Å². The van der Waals surface area contributed by atoms with Gasteiger partial charge < -0.3 is 19.7 Å². The Hall–Kier alpha value is -4.13. The van der Waals surface area contributed by atoms with Crippen molar-refractivity contribution >= 4 is 23.5 Å². The first-order valence-electron chi connectivity index (χ1n) is 12.8. The van der Waals surface area contributed by atoms with Crippen molar-refractivity contribution in [2.45, 2.75) is 45.6 Å². The van der Waals surface area contributed by atoms with Crippen LogP contribution < -0.4 is 15.0 Å². The van der Waals surface area contributed by atoms with Crippen LogP contribution in [0.3, 0.4) is 0 Å². The lowest BCUT2D eigenvalue weighted by Crippen LogP contribution is -2.32. The maximum atomic E-state index is 12.6. The predicted octanol–water partition coefficient (Wildman–Crippen LogP) is 5.55. The highest BCUT2D eigenvalue weighted by Crippen LogP contribution is 2.30. The summed E-state index contributed by atoms with van der Waals surface area (Å²) >= 11 is 0. The fourth-order valence-electron chi connectivity index (χ4n) is 4.33. The summed E-state index contributed by atoms with van der Waals surface area (Å²) in [5.74, 6) is -0.357. The minimum atomic E-state index is -0.626. The normalized spacial score (nSPS) is 16.2. The molecule has 0 saturated carbocycles. The lowest BCUT2D eigenvalue weighted by Gasteiger charge is -2.19. The smallest absolute Gasteiger partial charge is 0.311 e. The Bertz CT molecular complexity index is 1260. The number of carbonyl (C=O) groups is 3. The van der Waals surface area contributed by atoms with Crippen molar-refractivity contribution in [3.8, 4) is 11.5 Å². The summed E-state index contributed by atoms with van der Waals surface area (Å²) in [6.45, 7) is 8.17. The highest BCUT2D eigenvalue weighted by molar-refractivity contribution is 5.99. The van der Waals surface area contributed by atoms with E-state index in [0.29, 0.717) is 11.4 Å². The summed E-state index contributed by atoms with van der Waals surface area (Å²) in [6.07, 6.45) is 0.0409. The van der Waals surface area contributed by atoms with E-state index < -0.39 is 11.9 Å². The molecule has 1 heterocycles. The van der Waals surface area contributed by atoms with Gasteiger partial charge in [0.05, 0.1) is 12.0 Å². The van der Waals surface area contributed by atoms with E-state index in [1.165, 1.54) is 5.56 Å². The van der Waals surface area contributed by atoms with Gasteiger partial charge in [-0.15, -0.1) is 0 Å². The fraction of sp³-hybridized carbons (Fsp3) is 0.323. The van der Waals surface area contributed by atoms with Crippen LogP contribution in [0.1, 0.15) is 51.3 Å². The Kier molecular flexibility index (Phi) is 8.15. The molecular formula is C31H34N2O5. The number of nitrogens with one attached hydrogen (secondary N) is 1. The maximum absolute atomic E-state index is 12.6. The van der Waals surface area contributed by atoms with Crippen LogP contribution in [-0.2, 0) is 24.5 Å². The van der Waals surface area contributed by atoms with Crippen LogP contribution in [0.2, 0.25) is 0 Å². The molecule has 0 bridgehead atoms. The second-order valence-corrected chi connectivity index (χ2v) is 10.6. The zero-order chi connectivity index (χ0) is 27.3. The Labute approximate surface area is 223 Å². The average Bonchev–Trinajstić information content (AvgIpc) is 3.29. The van der Waals surface area contributed by atoms with Gasteiger partial charge in [0.25, 0.3) is 5.91 Å². The third kappa shape index (κ3) is 6.79. The molecule has 7 nitrogen and oxygen atoms in total. The Morgan fingerprint density at radius 1 is 0.947 bits per heavy atom. The molecule has 3 aromatic rings. The van der Waals surface area contributed by atoms with E-state index >= 15 is 0 Å². The molecule has 198 valence electrons. The number of anilines is 1. The van der Waals surface area contributed by atoms with Gasteiger partial charge >= 0.3 is 5.97 Å². The molecule has 1 saturated heterocycles. The Balaban J connectivity index is 1.27. The van der Waals surface area contributed by atoms with Crippen LogP contribution in [0.15, 0.2) is 78.9 Å². The first-order chi connectivity index (χ1) is 18.1. The summed E-state index contributed by atoms with van der Waals surface area (Å²) in [6, 6.07) is 24.5. The van der Waals surface area contributed by atoms with Gasteiger partial charge in [-0.25, -0.2) is 0 Å². The van der Waals surface area contributed by atoms with Crippen LogP contribution >= 0.6 is 0 Å². The molecule has 7 heteroatoms. The van der Waals surface area contributed by atoms with Crippen LogP contribution in [0.4, 0.5) is 5.69 Å². The number of amides is 2. The predicted molar refractivity (Wildman–Crippen MR) is 146 cm³/mol.